The van der Waals surface area contributed by atoms with Gasteiger partial charge in [0.2, 0.25) is 11.8 Å². The summed E-state index contributed by atoms with van der Waals surface area (Å²) in [6.45, 7) is 5.20. The maximum atomic E-state index is 13.6. The van der Waals surface area contributed by atoms with E-state index in [0.717, 1.165) is 5.56 Å². The van der Waals surface area contributed by atoms with Gasteiger partial charge in [-0.15, -0.1) is 0 Å². The molecule has 0 aromatic heterocycles. The van der Waals surface area contributed by atoms with Crippen LogP contribution in [-0.4, -0.2) is 45.5 Å². The first-order valence-corrected chi connectivity index (χ1v) is 11.2. The normalized spacial score (nSPS) is 27.2. The minimum Gasteiger partial charge on any atom is -0.480 e. The number of amides is 2. The summed E-state index contributed by atoms with van der Waals surface area (Å²) in [6.07, 6.45) is 0. The molecule has 0 saturated carbocycles. The summed E-state index contributed by atoms with van der Waals surface area (Å²) >= 11 is 6.19. The lowest BCUT2D eigenvalue weighted by Crippen LogP contribution is -2.60. The number of aliphatic carboxylic acids is 1. The number of carbonyl (C=O) groups excluding carboxylic acids is 2. The third kappa shape index (κ3) is 4.05. The van der Waals surface area contributed by atoms with Gasteiger partial charge in [-0.3, -0.25) is 24.6 Å². The monoisotopic (exact) mass is 470 g/mol. The van der Waals surface area contributed by atoms with Crippen LogP contribution < -0.4 is 5.32 Å². The topological polar surface area (TPSA) is 95.9 Å². The molecule has 4 rings (SSSR count). The number of hydrogen-bond acceptors (Lipinski definition) is 5. The Hall–Kier alpha value is -2.74. The number of imide groups is 1. The average molecular weight is 471 g/mol. The second-order valence-corrected chi connectivity index (χ2v) is 10.1. The van der Waals surface area contributed by atoms with E-state index in [9.17, 15) is 19.5 Å². The number of ether oxygens (including phenoxy) is 1. The van der Waals surface area contributed by atoms with Crippen molar-refractivity contribution in [2.45, 2.75) is 44.5 Å². The number of hydrogen-bond donors (Lipinski definition) is 2. The zero-order valence-corrected chi connectivity index (χ0v) is 19.5. The fourth-order valence-corrected chi connectivity index (χ4v) is 5.14. The maximum Gasteiger partial charge on any atom is 0.327 e. The molecule has 2 aromatic rings. The average Bonchev–Trinajstić information content (AvgIpc) is 3.23. The Bertz CT molecular complexity index is 1080. The Morgan fingerprint density at radius 1 is 1.12 bits per heavy atom. The van der Waals surface area contributed by atoms with E-state index >= 15 is 0 Å². The number of nitrogens with one attached hydrogen (secondary N) is 1. The number of rotatable bonds is 6. The molecule has 2 amide bonds. The molecule has 0 spiro atoms. The minimum atomic E-state index is -1.76. The largest absolute Gasteiger partial charge is 0.480 e. The first kappa shape index (κ1) is 23.4. The lowest BCUT2D eigenvalue weighted by Gasteiger charge is -2.35. The number of carboxylic acids is 1. The van der Waals surface area contributed by atoms with Crippen LogP contribution in [0.2, 0.25) is 5.02 Å². The van der Waals surface area contributed by atoms with Crippen LogP contribution in [0.3, 0.4) is 0 Å². The molecule has 4 atom stereocenters. The van der Waals surface area contributed by atoms with Crippen molar-refractivity contribution in [3.05, 3.63) is 70.7 Å². The SMILES string of the molecule is CC(C)(C)N1C(=O)C2C(c3cccc(Cl)c3)NC(COCc3ccccc3)(C(=O)O)C2C1=O. The first-order valence-electron chi connectivity index (χ1n) is 10.8. The van der Waals surface area contributed by atoms with Crippen molar-refractivity contribution in [1.29, 1.82) is 0 Å². The molecule has 2 aliphatic rings. The third-order valence-electron chi connectivity index (χ3n) is 6.36. The molecule has 2 fully saturated rings. The molecule has 7 nitrogen and oxygen atoms in total. The van der Waals surface area contributed by atoms with Crippen molar-refractivity contribution >= 4 is 29.4 Å². The van der Waals surface area contributed by atoms with E-state index < -0.39 is 40.8 Å². The van der Waals surface area contributed by atoms with Crippen LogP contribution in [0.4, 0.5) is 0 Å². The number of benzene rings is 2. The van der Waals surface area contributed by atoms with Crippen LogP contribution in [0.5, 0.6) is 0 Å². The lowest BCUT2D eigenvalue weighted by molar-refractivity contribution is -0.156. The van der Waals surface area contributed by atoms with Crippen LogP contribution in [-0.2, 0) is 25.7 Å². The van der Waals surface area contributed by atoms with E-state index in [1.807, 2.05) is 30.3 Å². The summed E-state index contributed by atoms with van der Waals surface area (Å²) in [5.74, 6) is -4.11. The van der Waals surface area contributed by atoms with Gasteiger partial charge in [-0.25, -0.2) is 0 Å². The Balaban J connectivity index is 1.74. The van der Waals surface area contributed by atoms with Crippen molar-refractivity contribution in [3.63, 3.8) is 0 Å². The van der Waals surface area contributed by atoms with Gasteiger partial charge < -0.3 is 9.84 Å². The van der Waals surface area contributed by atoms with Gasteiger partial charge in [-0.1, -0.05) is 54.1 Å². The van der Waals surface area contributed by atoms with E-state index in [1.54, 1.807) is 45.0 Å². The second kappa shape index (κ2) is 8.56. The quantitative estimate of drug-likeness (QED) is 0.628. The zero-order valence-electron chi connectivity index (χ0n) is 18.7. The first-order chi connectivity index (χ1) is 15.6. The number of halogens is 1. The second-order valence-electron chi connectivity index (χ2n) is 9.62. The fraction of sp³-hybridized carbons (Fsp3) is 0.400. The summed E-state index contributed by atoms with van der Waals surface area (Å²) in [5, 5.41) is 13.9. The van der Waals surface area contributed by atoms with Crippen molar-refractivity contribution in [2.75, 3.05) is 6.61 Å². The van der Waals surface area contributed by atoms with Gasteiger partial charge in [0.05, 0.1) is 25.0 Å². The van der Waals surface area contributed by atoms with Gasteiger partial charge in [-0.2, -0.15) is 0 Å². The number of carbonyl (C=O) groups is 3. The van der Waals surface area contributed by atoms with Gasteiger partial charge in [-0.05, 0) is 44.0 Å². The summed E-state index contributed by atoms with van der Waals surface area (Å²) in [7, 11) is 0. The molecule has 33 heavy (non-hydrogen) atoms. The van der Waals surface area contributed by atoms with Gasteiger partial charge in [0.25, 0.3) is 0 Å². The lowest BCUT2D eigenvalue weighted by atomic mass is 9.79. The van der Waals surface area contributed by atoms with Crippen LogP contribution in [0, 0.1) is 11.8 Å². The minimum absolute atomic E-state index is 0.182. The fourth-order valence-electron chi connectivity index (χ4n) is 4.95. The molecule has 4 unspecified atom stereocenters. The highest BCUT2D eigenvalue weighted by atomic mass is 35.5. The number of fused-ring (bicyclic) bond motifs is 1. The zero-order chi connectivity index (χ0) is 24.0. The van der Waals surface area contributed by atoms with Crippen LogP contribution in [0.25, 0.3) is 0 Å². The predicted molar refractivity (Wildman–Crippen MR) is 122 cm³/mol. The number of carboxylic acid groups (broad SMARTS) is 1. The molecule has 2 saturated heterocycles. The van der Waals surface area contributed by atoms with Gasteiger partial charge >= 0.3 is 5.97 Å². The Morgan fingerprint density at radius 3 is 2.42 bits per heavy atom. The molecule has 0 radical (unpaired) electrons. The van der Waals surface area contributed by atoms with Crippen LogP contribution in [0.15, 0.2) is 54.6 Å². The predicted octanol–water partition coefficient (Wildman–Crippen LogP) is 3.42. The van der Waals surface area contributed by atoms with Crippen molar-refractivity contribution in [2.24, 2.45) is 11.8 Å². The molecule has 2 heterocycles. The van der Waals surface area contributed by atoms with E-state index in [1.165, 1.54) is 4.90 Å². The Kier molecular flexibility index (Phi) is 6.07. The molecular formula is C25H27ClN2O5. The van der Waals surface area contributed by atoms with E-state index in [0.29, 0.717) is 10.6 Å². The molecule has 2 aliphatic heterocycles. The van der Waals surface area contributed by atoms with Gasteiger partial charge in [0.15, 0.2) is 5.54 Å². The summed E-state index contributed by atoms with van der Waals surface area (Å²) < 4.78 is 5.84. The van der Waals surface area contributed by atoms with Crippen LogP contribution in [0.1, 0.15) is 37.9 Å². The molecular weight excluding hydrogens is 444 g/mol. The highest BCUT2D eigenvalue weighted by Crippen LogP contribution is 2.50. The van der Waals surface area contributed by atoms with Crippen LogP contribution >= 0.6 is 11.6 Å². The molecule has 2 aromatic carbocycles. The van der Waals surface area contributed by atoms with Gasteiger partial charge in [0.1, 0.15) is 0 Å². The smallest absolute Gasteiger partial charge is 0.327 e. The maximum absolute atomic E-state index is 13.6. The summed E-state index contributed by atoms with van der Waals surface area (Å²) in [4.78, 5) is 41.0. The number of nitrogens with zero attached hydrogens (tertiary/aromatic N) is 1. The third-order valence-corrected chi connectivity index (χ3v) is 6.59. The van der Waals surface area contributed by atoms with E-state index in [4.69, 9.17) is 16.3 Å². The highest BCUT2D eigenvalue weighted by molar-refractivity contribution is 6.30. The molecule has 8 heteroatoms. The van der Waals surface area contributed by atoms with Crippen molar-refractivity contribution in [3.8, 4) is 0 Å². The Labute approximate surface area is 197 Å². The molecule has 174 valence electrons. The van der Waals surface area contributed by atoms with Crippen molar-refractivity contribution in [1.82, 2.24) is 10.2 Å². The van der Waals surface area contributed by atoms with E-state index in [2.05, 4.69) is 5.32 Å². The summed E-state index contributed by atoms with van der Waals surface area (Å²) in [5.41, 5.74) is -1.02. The van der Waals surface area contributed by atoms with Crippen molar-refractivity contribution < 1.29 is 24.2 Å². The number of likely N-dealkylation sites (tertiary alicyclic amines) is 1. The molecule has 2 N–H and O–H groups in total. The Morgan fingerprint density at radius 2 is 1.82 bits per heavy atom. The molecule has 0 aliphatic carbocycles. The standard InChI is InChI=1S/C25H27ClN2O5/c1-24(2,3)28-21(29)18-19(22(28)30)25(23(31)32,14-33-13-15-8-5-4-6-9-15)27-20(18)16-10-7-11-17(26)12-16/h4-12,18-20,27H,13-14H2,1-3H3,(H,31,32). The highest BCUT2D eigenvalue weighted by Gasteiger charge is 2.69. The summed E-state index contributed by atoms with van der Waals surface area (Å²) in [6, 6.07) is 15.6. The molecule has 0 bridgehead atoms. The van der Waals surface area contributed by atoms with Gasteiger partial charge in [0, 0.05) is 16.6 Å². The van der Waals surface area contributed by atoms with E-state index in [-0.39, 0.29) is 19.1 Å².